The zero-order chi connectivity index (χ0) is 47.2. The molecule has 0 saturated heterocycles. The van der Waals surface area contributed by atoms with Gasteiger partial charge in [-0.1, -0.05) is 118 Å². The van der Waals surface area contributed by atoms with Crippen molar-refractivity contribution < 1.29 is 22.7 Å². The normalized spacial score (nSPS) is 12.8. The third-order valence-electron chi connectivity index (χ3n) is 13.5. The monoisotopic (exact) mass is 985 g/mol. The summed E-state index contributed by atoms with van der Waals surface area (Å²) < 4.78 is 1.66. The average molecular weight is 986 g/mol. The Morgan fingerprint density at radius 3 is 0.892 bits per heavy atom. The van der Waals surface area contributed by atoms with Crippen LogP contribution in [-0.4, -0.2) is 4.70 Å². The summed E-state index contributed by atoms with van der Waals surface area (Å²) in [5.41, 5.74) is 25.5. The molecule has 0 aromatic heterocycles. The average Bonchev–Trinajstić information content (AvgIpc) is 3.60. The molecule has 0 fully saturated rings. The molecule has 0 N–H and O–H groups in total. The van der Waals surface area contributed by atoms with E-state index in [0.29, 0.717) is 0 Å². The molecule has 0 bridgehead atoms. The Bertz CT molecular complexity index is 1500. The fourth-order valence-electron chi connectivity index (χ4n) is 9.43. The van der Waals surface area contributed by atoms with Crippen molar-refractivity contribution in [2.24, 2.45) is 0 Å². The van der Waals surface area contributed by atoms with Gasteiger partial charge in [0.25, 0.3) is 0 Å². The quantitative estimate of drug-likeness (QED) is 0.0361. The van der Waals surface area contributed by atoms with E-state index in [-0.39, 0.29) is 0 Å². The van der Waals surface area contributed by atoms with E-state index in [9.17, 15) is 5.53 Å². The van der Waals surface area contributed by atoms with E-state index in [1.54, 1.807) is 4.70 Å². The summed E-state index contributed by atoms with van der Waals surface area (Å²) in [6, 6.07) is 14.5. The van der Waals surface area contributed by atoms with Crippen LogP contribution < -0.4 is 0 Å². The second kappa shape index (κ2) is 40.1. The van der Waals surface area contributed by atoms with Gasteiger partial charge in [-0.05, 0) is 124 Å². The summed E-state index contributed by atoms with van der Waals surface area (Å²) in [5, 5.41) is 0. The SMILES string of the molecule is CCCCCCCCC1=C(c2cc(CCCC)cc(CCCC)c2)[N+](=[N-])C(c2cc(CCCC)cc(CCCC)c2)=C1CCCC.CCCCCCCC[CH2][Pd][CH2]CCCCCCCC. The van der Waals surface area contributed by atoms with Crippen molar-refractivity contribution in [1.29, 1.82) is 0 Å². The molecule has 1 aliphatic heterocycles. The minimum atomic E-state index is 1.03. The Balaban J connectivity index is 0.000000642. The van der Waals surface area contributed by atoms with Gasteiger partial charge in [0.05, 0.1) is 0 Å². The van der Waals surface area contributed by atoms with Gasteiger partial charge in [0, 0.05) is 22.3 Å². The Labute approximate surface area is 414 Å². The molecule has 0 radical (unpaired) electrons. The Morgan fingerprint density at radius 1 is 0.308 bits per heavy atom. The van der Waals surface area contributed by atoms with Crippen molar-refractivity contribution in [2.75, 3.05) is 0 Å². The van der Waals surface area contributed by atoms with Crippen LogP contribution in [0.3, 0.4) is 0 Å². The van der Waals surface area contributed by atoms with Crippen LogP contribution in [0.2, 0.25) is 9.79 Å². The van der Waals surface area contributed by atoms with Gasteiger partial charge in [-0.15, -0.1) is 0 Å². The Hall–Kier alpha value is -1.82. The second-order valence-electron chi connectivity index (χ2n) is 19.8. The van der Waals surface area contributed by atoms with Crippen LogP contribution >= 0.6 is 0 Å². The molecule has 374 valence electrons. The van der Waals surface area contributed by atoms with E-state index >= 15 is 0 Å². The van der Waals surface area contributed by atoms with E-state index in [1.807, 2.05) is 0 Å². The first-order valence-electron chi connectivity index (χ1n) is 28.6. The predicted molar refractivity (Wildman–Crippen MR) is 288 cm³/mol. The molecule has 65 heavy (non-hydrogen) atoms. The van der Waals surface area contributed by atoms with Crippen LogP contribution in [0, 0.1) is 0 Å². The third-order valence-corrected chi connectivity index (χ3v) is 15.7. The number of aryl methyl sites for hydroxylation is 4. The van der Waals surface area contributed by atoms with Gasteiger partial charge in [0.15, 0.2) is 0 Å². The molecule has 2 aromatic carbocycles. The van der Waals surface area contributed by atoms with Crippen LogP contribution in [0.15, 0.2) is 47.5 Å². The molecule has 2 aromatic rings. The standard InChI is InChI=1S/C44H68N2.2C9H19.Pd/c1-7-13-19-20-21-22-28-42-41(27-18-12-6)43(39-31-35(23-14-8-2)29-36(32-39)24-15-9-3)46(45)44(42)40-33-37(25-16-10-4)30-38(34-40)26-17-11-5;2*1-3-5-7-9-8-6-4-2;/h29-34H,7-28H2,1-6H3;2*1,3-9H2,2H3;. The summed E-state index contributed by atoms with van der Waals surface area (Å²) >= 11 is 1.07. The number of hydrogen-bond acceptors (Lipinski definition) is 0. The van der Waals surface area contributed by atoms with Crippen molar-refractivity contribution in [3.05, 3.63) is 86.5 Å². The van der Waals surface area contributed by atoms with Gasteiger partial charge in [0.2, 0.25) is 11.4 Å². The first-order valence-corrected chi connectivity index (χ1v) is 30.8. The molecule has 0 amide bonds. The molecule has 0 unspecified atom stereocenters. The molecule has 1 aliphatic rings. The van der Waals surface area contributed by atoms with Crippen molar-refractivity contribution in [2.45, 2.75) is 296 Å². The van der Waals surface area contributed by atoms with Crippen LogP contribution in [0.5, 0.6) is 0 Å². The topological polar surface area (TPSA) is 25.3 Å². The van der Waals surface area contributed by atoms with Crippen molar-refractivity contribution in [3.8, 4) is 0 Å². The molecule has 0 saturated carbocycles. The van der Waals surface area contributed by atoms with Crippen molar-refractivity contribution >= 4 is 11.4 Å². The predicted octanol–water partition coefficient (Wildman–Crippen LogP) is 21.6. The number of hydrogen-bond donors (Lipinski definition) is 0. The van der Waals surface area contributed by atoms with Crippen LogP contribution in [0.4, 0.5) is 0 Å². The minimum absolute atomic E-state index is 1.03. The third kappa shape index (κ3) is 25.4. The van der Waals surface area contributed by atoms with E-state index < -0.39 is 0 Å². The summed E-state index contributed by atoms with van der Waals surface area (Å²) in [4.78, 5) is 3.08. The van der Waals surface area contributed by atoms with E-state index in [2.05, 4.69) is 91.8 Å². The van der Waals surface area contributed by atoms with Gasteiger partial charge < -0.3 is 5.53 Å². The molecule has 3 heteroatoms. The molecule has 1 heterocycles. The zero-order valence-corrected chi connectivity index (χ0v) is 46.1. The Kier molecular flexibility index (Phi) is 36.6. The van der Waals surface area contributed by atoms with Crippen LogP contribution in [-0.2, 0) is 43.7 Å². The van der Waals surface area contributed by atoms with E-state index in [0.717, 1.165) is 80.7 Å². The van der Waals surface area contributed by atoms with Crippen LogP contribution in [0.1, 0.15) is 294 Å². The maximum atomic E-state index is 12.5. The summed E-state index contributed by atoms with van der Waals surface area (Å²) in [6.45, 7) is 18.3. The number of unbranched alkanes of at least 4 members (excludes halogenated alkanes) is 22. The first kappa shape index (κ1) is 59.3. The number of benzene rings is 2. The molecule has 3 rings (SSSR count). The fourth-order valence-corrected chi connectivity index (χ4v) is 11.4. The summed E-state index contributed by atoms with van der Waals surface area (Å²) in [5.74, 6) is 0. The molecule has 2 nitrogen and oxygen atoms in total. The van der Waals surface area contributed by atoms with Crippen molar-refractivity contribution in [1.82, 2.24) is 0 Å². The van der Waals surface area contributed by atoms with E-state index in [4.69, 9.17) is 0 Å². The fraction of sp³-hybridized carbons (Fsp3) is 0.742. The number of allylic oxidation sites excluding steroid dienone is 2. The molecule has 0 atom stereocenters. The second-order valence-corrected chi connectivity index (χ2v) is 22.1. The van der Waals surface area contributed by atoms with Crippen molar-refractivity contribution in [3.63, 3.8) is 0 Å². The summed E-state index contributed by atoms with van der Waals surface area (Å²) in [6.07, 6.45) is 46.7. The van der Waals surface area contributed by atoms with Gasteiger partial charge in [-0.3, -0.25) is 0 Å². The van der Waals surface area contributed by atoms with Gasteiger partial charge in [-0.2, -0.15) is 0 Å². The molecular formula is C62H106N2Pd. The molecule has 0 spiro atoms. The van der Waals surface area contributed by atoms with Gasteiger partial charge in [0.1, 0.15) is 0 Å². The molecular weight excluding hydrogens is 879 g/mol. The zero-order valence-electron chi connectivity index (χ0n) is 44.5. The Morgan fingerprint density at radius 2 is 0.569 bits per heavy atom. The van der Waals surface area contributed by atoms with Gasteiger partial charge in [-0.25, -0.2) is 4.70 Å². The number of nitrogens with zero attached hydrogens (tertiary/aromatic N) is 2. The van der Waals surface area contributed by atoms with Crippen LogP contribution in [0.25, 0.3) is 16.9 Å². The van der Waals surface area contributed by atoms with Gasteiger partial charge >= 0.3 is 132 Å². The summed E-state index contributed by atoms with van der Waals surface area (Å²) in [7, 11) is 0. The van der Waals surface area contributed by atoms with E-state index in [1.165, 1.54) is 234 Å². The first-order chi connectivity index (χ1) is 31.9. The maximum absolute atomic E-state index is 12.5. The number of rotatable bonds is 40. The molecule has 0 aliphatic carbocycles.